The second-order valence-electron chi connectivity index (χ2n) is 8.54. The number of aromatic nitrogens is 2. The summed E-state index contributed by atoms with van der Waals surface area (Å²) in [5.74, 6) is -5.56. The van der Waals surface area contributed by atoms with Crippen LogP contribution in [0.2, 0.25) is 5.02 Å². The van der Waals surface area contributed by atoms with Crippen LogP contribution in [-0.4, -0.2) is 45.9 Å². The number of nitriles is 1. The summed E-state index contributed by atoms with van der Waals surface area (Å²) < 4.78 is 137. The third kappa shape index (κ3) is 6.66. The SMILES string of the molecule is Cn1nc(OC(F)(F)C(F)C(F)(F)F)c(C(F)(F)F)c1N=CC(=CN)c1cc(F)c(Cl)c(C(=O)NC2(C#N)CC2)c1. The molecule has 41 heavy (non-hydrogen) atoms. The Labute approximate surface area is 228 Å². The molecule has 0 radical (unpaired) electrons. The number of hydrogen-bond acceptors (Lipinski definition) is 6. The maximum Gasteiger partial charge on any atom is 0.440 e. The van der Waals surface area contributed by atoms with Gasteiger partial charge in [0.1, 0.15) is 11.4 Å². The highest BCUT2D eigenvalue weighted by atomic mass is 35.5. The standard InChI is InChI=1S/C22H15ClF10N6O2/c1-39-15(13(20(26,27)28)17(38-39)41-22(32,33)18(25)21(29,30)31)36-7-10(6-34)9-4-11(14(23)12(24)5-9)16(40)37-19(8-35)2-3-19/h4-7,18H,2-3,34H2,1H3,(H,37,40). The van der Waals surface area contributed by atoms with Crippen molar-refractivity contribution in [1.29, 1.82) is 5.26 Å². The molecule has 1 aliphatic rings. The molecule has 1 unspecified atom stereocenters. The number of aryl methyl sites for hydroxylation is 1. The zero-order chi connectivity index (χ0) is 31.1. The van der Waals surface area contributed by atoms with Gasteiger partial charge < -0.3 is 15.8 Å². The van der Waals surface area contributed by atoms with E-state index >= 15 is 0 Å². The number of nitrogens with two attached hydrogens (primary N) is 1. The van der Waals surface area contributed by atoms with Crippen LogP contribution >= 0.6 is 11.6 Å². The van der Waals surface area contributed by atoms with Gasteiger partial charge in [-0.05, 0) is 30.5 Å². The summed E-state index contributed by atoms with van der Waals surface area (Å²) in [6, 6.07) is 3.57. The molecule has 8 nitrogen and oxygen atoms in total. The molecule has 19 heteroatoms. The van der Waals surface area contributed by atoms with Crippen LogP contribution in [0.4, 0.5) is 49.7 Å². The maximum atomic E-state index is 14.5. The Morgan fingerprint density at radius 2 is 1.88 bits per heavy atom. The molecule has 2 aromatic rings. The minimum atomic E-state index is -6.18. The number of carbonyl (C=O) groups is 1. The quantitative estimate of drug-likeness (QED) is 0.295. The molecule has 1 aromatic carbocycles. The van der Waals surface area contributed by atoms with E-state index in [1.807, 2.05) is 6.07 Å². The van der Waals surface area contributed by atoms with Crippen molar-refractivity contribution < 1.29 is 53.4 Å². The largest absolute Gasteiger partial charge is 0.440 e. The van der Waals surface area contributed by atoms with E-state index in [1.165, 1.54) is 0 Å². The van der Waals surface area contributed by atoms with Crippen LogP contribution in [0.1, 0.15) is 34.3 Å². The average Bonchev–Trinajstić information content (AvgIpc) is 3.55. The molecule has 3 N–H and O–H groups in total. The van der Waals surface area contributed by atoms with Gasteiger partial charge in [0.25, 0.3) is 18.0 Å². The van der Waals surface area contributed by atoms with Crippen molar-refractivity contribution in [2.24, 2.45) is 17.8 Å². The highest BCUT2D eigenvalue weighted by molar-refractivity contribution is 6.34. The van der Waals surface area contributed by atoms with Crippen LogP contribution in [-0.2, 0) is 13.2 Å². The number of hydrogen-bond donors (Lipinski definition) is 2. The first-order valence-electron chi connectivity index (χ1n) is 10.9. The first-order valence-corrected chi connectivity index (χ1v) is 11.2. The molecular formula is C22H15ClF10N6O2. The van der Waals surface area contributed by atoms with Crippen molar-refractivity contribution in [3.05, 3.63) is 45.9 Å². The highest BCUT2D eigenvalue weighted by Gasteiger charge is 2.60. The molecule has 0 bridgehead atoms. The van der Waals surface area contributed by atoms with E-state index < -0.39 is 69.7 Å². The smallest absolute Gasteiger partial charge is 0.410 e. The van der Waals surface area contributed by atoms with E-state index in [0.717, 1.165) is 19.2 Å². The molecule has 0 aliphatic heterocycles. The molecular weight excluding hydrogens is 606 g/mol. The van der Waals surface area contributed by atoms with Crippen molar-refractivity contribution in [2.75, 3.05) is 0 Å². The lowest BCUT2D eigenvalue weighted by atomic mass is 10.0. The fourth-order valence-corrected chi connectivity index (χ4v) is 3.46. The van der Waals surface area contributed by atoms with Gasteiger partial charge in [-0.1, -0.05) is 11.6 Å². The fraction of sp³-hybridized carbons (Fsp3) is 0.364. The first-order chi connectivity index (χ1) is 18.8. The van der Waals surface area contributed by atoms with Crippen molar-refractivity contribution in [3.8, 4) is 11.9 Å². The number of aliphatic imine (C=N–C) groups is 1. The molecule has 1 saturated carbocycles. The number of rotatable bonds is 8. The Balaban J connectivity index is 2.01. The first kappa shape index (κ1) is 31.5. The van der Waals surface area contributed by atoms with E-state index in [1.54, 1.807) is 0 Å². The number of nitrogens with zero attached hydrogens (tertiary/aromatic N) is 4. The van der Waals surface area contributed by atoms with Gasteiger partial charge in [-0.2, -0.15) is 40.4 Å². The zero-order valence-corrected chi connectivity index (χ0v) is 20.9. The Morgan fingerprint density at radius 1 is 1.27 bits per heavy atom. The van der Waals surface area contributed by atoms with E-state index in [4.69, 9.17) is 22.6 Å². The summed E-state index contributed by atoms with van der Waals surface area (Å²) in [6.07, 6.45) is -20.7. The predicted octanol–water partition coefficient (Wildman–Crippen LogP) is 5.59. The fourth-order valence-electron chi connectivity index (χ4n) is 3.27. The van der Waals surface area contributed by atoms with Gasteiger partial charge in [0.15, 0.2) is 11.4 Å². The molecule has 1 amide bonds. The second-order valence-corrected chi connectivity index (χ2v) is 8.92. The molecule has 1 aliphatic carbocycles. The Kier molecular flexibility index (Phi) is 8.27. The lowest BCUT2D eigenvalue weighted by Crippen LogP contribution is -2.46. The average molecular weight is 621 g/mol. The summed E-state index contributed by atoms with van der Waals surface area (Å²) in [5.41, 5.74) is 0.992. The van der Waals surface area contributed by atoms with Gasteiger partial charge in [-0.3, -0.25) is 4.79 Å². The van der Waals surface area contributed by atoms with Crippen LogP contribution in [0.25, 0.3) is 5.57 Å². The number of ether oxygens (including phenoxy) is 1. The lowest BCUT2D eigenvalue weighted by molar-refractivity contribution is -0.306. The minimum Gasteiger partial charge on any atom is -0.410 e. The predicted molar refractivity (Wildman–Crippen MR) is 122 cm³/mol. The third-order valence-corrected chi connectivity index (χ3v) is 5.90. The molecule has 1 aromatic heterocycles. The van der Waals surface area contributed by atoms with Gasteiger partial charge >= 0.3 is 18.5 Å². The van der Waals surface area contributed by atoms with Crippen molar-refractivity contribution in [3.63, 3.8) is 0 Å². The number of carbonyl (C=O) groups excluding carboxylic acids is 1. The number of halogens is 11. The molecule has 3 rings (SSSR count). The van der Waals surface area contributed by atoms with E-state index in [2.05, 4.69) is 20.1 Å². The van der Waals surface area contributed by atoms with E-state index in [-0.39, 0.29) is 15.8 Å². The number of alkyl halides is 9. The monoisotopic (exact) mass is 620 g/mol. The van der Waals surface area contributed by atoms with Crippen molar-refractivity contribution in [1.82, 2.24) is 15.1 Å². The second kappa shape index (κ2) is 10.8. The summed E-state index contributed by atoms with van der Waals surface area (Å²) in [7, 11) is 0.725. The number of benzene rings is 1. The summed E-state index contributed by atoms with van der Waals surface area (Å²) >= 11 is 5.86. The molecule has 1 heterocycles. The van der Waals surface area contributed by atoms with E-state index in [9.17, 15) is 48.7 Å². The topological polar surface area (TPSA) is 118 Å². The molecule has 0 spiro atoms. The van der Waals surface area contributed by atoms with Crippen molar-refractivity contribution in [2.45, 2.75) is 43.0 Å². The number of amides is 1. The Morgan fingerprint density at radius 3 is 2.37 bits per heavy atom. The van der Waals surface area contributed by atoms with Gasteiger partial charge in [0.05, 0.1) is 16.7 Å². The Hall–Kier alpha value is -4.01. The van der Waals surface area contributed by atoms with Crippen LogP contribution < -0.4 is 15.8 Å². The molecule has 1 fully saturated rings. The van der Waals surface area contributed by atoms with Crippen LogP contribution in [0.5, 0.6) is 5.88 Å². The van der Waals surface area contributed by atoms with Crippen LogP contribution in [0.3, 0.4) is 0 Å². The summed E-state index contributed by atoms with van der Waals surface area (Å²) in [6.45, 7) is 0. The summed E-state index contributed by atoms with van der Waals surface area (Å²) in [5, 5.41) is 13.8. The van der Waals surface area contributed by atoms with Gasteiger partial charge in [0.2, 0.25) is 0 Å². The van der Waals surface area contributed by atoms with Gasteiger partial charge in [-0.15, -0.1) is 5.10 Å². The van der Waals surface area contributed by atoms with Crippen molar-refractivity contribution >= 4 is 35.1 Å². The number of nitrogens with one attached hydrogen (secondary N) is 1. The lowest BCUT2D eigenvalue weighted by Gasteiger charge is -2.22. The van der Waals surface area contributed by atoms with Gasteiger partial charge in [-0.25, -0.2) is 18.5 Å². The number of allylic oxidation sites excluding steroid dienone is 1. The molecule has 222 valence electrons. The normalized spacial score (nSPS) is 16.4. The van der Waals surface area contributed by atoms with Crippen LogP contribution in [0, 0.1) is 17.1 Å². The minimum absolute atomic E-state index is 0.192. The molecule has 0 saturated heterocycles. The van der Waals surface area contributed by atoms with Gasteiger partial charge in [0, 0.05) is 25.0 Å². The Bertz CT molecular complexity index is 1450. The third-order valence-electron chi connectivity index (χ3n) is 5.51. The van der Waals surface area contributed by atoms with E-state index in [0.29, 0.717) is 25.3 Å². The zero-order valence-electron chi connectivity index (χ0n) is 20.1. The van der Waals surface area contributed by atoms with Crippen LogP contribution in [0.15, 0.2) is 23.3 Å². The highest BCUT2D eigenvalue weighted by Crippen LogP contribution is 2.45. The maximum absolute atomic E-state index is 14.5. The summed E-state index contributed by atoms with van der Waals surface area (Å²) in [4.78, 5) is 16.0. The molecule has 1 atom stereocenters.